The van der Waals surface area contributed by atoms with Crippen molar-refractivity contribution in [3.63, 3.8) is 0 Å². The Kier molecular flexibility index (Phi) is 4.01. The number of carbonyl (C=O) groups excluding carboxylic acids is 1. The maximum absolute atomic E-state index is 11.9. The van der Waals surface area contributed by atoms with E-state index in [2.05, 4.69) is 10.3 Å². The summed E-state index contributed by atoms with van der Waals surface area (Å²) in [7, 11) is 0. The predicted octanol–water partition coefficient (Wildman–Crippen LogP) is 3.56. The minimum atomic E-state index is -0.230. The second kappa shape index (κ2) is 6.26. The molecule has 0 spiro atoms. The largest absolute Gasteiger partial charge is 0.484 e. The zero-order chi connectivity index (χ0) is 15.4. The van der Waals surface area contributed by atoms with Gasteiger partial charge in [-0.25, -0.2) is 4.98 Å². The van der Waals surface area contributed by atoms with Crippen LogP contribution in [0.25, 0.3) is 10.8 Å². The topological polar surface area (TPSA) is 51.2 Å². The number of aromatic nitrogens is 1. The Balaban J connectivity index is 1.62. The van der Waals surface area contributed by atoms with E-state index in [0.29, 0.717) is 11.6 Å². The number of amides is 1. The lowest BCUT2D eigenvalue weighted by Gasteiger charge is -2.08. The summed E-state index contributed by atoms with van der Waals surface area (Å²) < 4.78 is 5.54. The van der Waals surface area contributed by atoms with E-state index in [9.17, 15) is 4.79 Å². The summed E-state index contributed by atoms with van der Waals surface area (Å²) in [5.74, 6) is 0.976. The summed E-state index contributed by atoms with van der Waals surface area (Å²) in [6.45, 7) is 1.90. The van der Waals surface area contributed by atoms with E-state index in [1.807, 2.05) is 61.5 Å². The number of anilines is 1. The fourth-order valence-corrected chi connectivity index (χ4v) is 2.19. The van der Waals surface area contributed by atoms with Gasteiger partial charge in [-0.2, -0.15) is 0 Å². The molecule has 22 heavy (non-hydrogen) atoms. The lowest BCUT2D eigenvalue weighted by atomic mass is 10.1. The number of pyridine rings is 1. The number of aryl methyl sites for hydroxylation is 1. The van der Waals surface area contributed by atoms with Crippen LogP contribution in [0.1, 0.15) is 5.56 Å². The van der Waals surface area contributed by atoms with E-state index in [1.54, 1.807) is 6.20 Å². The summed E-state index contributed by atoms with van der Waals surface area (Å²) >= 11 is 0. The van der Waals surface area contributed by atoms with E-state index in [4.69, 9.17) is 4.74 Å². The van der Waals surface area contributed by atoms with Gasteiger partial charge < -0.3 is 10.1 Å². The van der Waals surface area contributed by atoms with Crippen LogP contribution in [-0.2, 0) is 4.79 Å². The number of carbonyl (C=O) groups is 1. The molecule has 3 rings (SSSR count). The lowest BCUT2D eigenvalue weighted by Crippen LogP contribution is -2.20. The summed E-state index contributed by atoms with van der Waals surface area (Å²) in [5, 5.41) is 4.94. The van der Waals surface area contributed by atoms with Gasteiger partial charge in [0.15, 0.2) is 6.61 Å². The summed E-state index contributed by atoms with van der Waals surface area (Å²) in [6, 6.07) is 17.5. The van der Waals surface area contributed by atoms with Crippen molar-refractivity contribution in [2.75, 3.05) is 11.9 Å². The van der Waals surface area contributed by atoms with Crippen molar-refractivity contribution in [1.82, 2.24) is 4.98 Å². The molecule has 0 aliphatic carbocycles. The van der Waals surface area contributed by atoms with Gasteiger partial charge >= 0.3 is 0 Å². The van der Waals surface area contributed by atoms with Crippen molar-refractivity contribution in [2.24, 2.45) is 0 Å². The minimum absolute atomic E-state index is 0.0477. The molecule has 1 heterocycles. The second-order valence-corrected chi connectivity index (χ2v) is 5.06. The number of nitrogens with one attached hydrogen (secondary N) is 1. The van der Waals surface area contributed by atoms with E-state index < -0.39 is 0 Å². The zero-order valence-corrected chi connectivity index (χ0v) is 12.2. The van der Waals surface area contributed by atoms with Gasteiger partial charge in [0.05, 0.1) is 0 Å². The first-order chi connectivity index (χ1) is 10.7. The van der Waals surface area contributed by atoms with Gasteiger partial charge in [0.25, 0.3) is 5.91 Å². The molecule has 4 nitrogen and oxygen atoms in total. The quantitative estimate of drug-likeness (QED) is 0.800. The predicted molar refractivity (Wildman–Crippen MR) is 87.0 cm³/mol. The van der Waals surface area contributed by atoms with Crippen molar-refractivity contribution >= 4 is 22.5 Å². The molecule has 4 heteroatoms. The SMILES string of the molecule is Cc1ccnc(NC(=O)COc2ccc3ccccc3c2)c1. The Morgan fingerprint density at radius 3 is 2.73 bits per heavy atom. The van der Waals surface area contributed by atoms with Crippen molar-refractivity contribution in [1.29, 1.82) is 0 Å². The van der Waals surface area contributed by atoms with Crippen LogP contribution >= 0.6 is 0 Å². The van der Waals surface area contributed by atoms with Crippen LogP contribution in [0.3, 0.4) is 0 Å². The molecule has 0 unspecified atom stereocenters. The first-order valence-electron chi connectivity index (χ1n) is 7.05. The van der Waals surface area contributed by atoms with E-state index in [-0.39, 0.29) is 12.5 Å². The summed E-state index contributed by atoms with van der Waals surface area (Å²) in [5.41, 5.74) is 1.04. The maximum Gasteiger partial charge on any atom is 0.263 e. The van der Waals surface area contributed by atoms with Crippen molar-refractivity contribution in [3.8, 4) is 5.75 Å². The second-order valence-electron chi connectivity index (χ2n) is 5.06. The van der Waals surface area contributed by atoms with Crippen molar-refractivity contribution in [2.45, 2.75) is 6.92 Å². The summed E-state index contributed by atoms with van der Waals surface area (Å²) in [6.07, 6.45) is 1.66. The van der Waals surface area contributed by atoms with Gasteiger partial charge in [0, 0.05) is 6.20 Å². The highest BCUT2D eigenvalue weighted by atomic mass is 16.5. The number of rotatable bonds is 4. The molecule has 0 radical (unpaired) electrons. The molecule has 110 valence electrons. The Morgan fingerprint density at radius 2 is 1.91 bits per heavy atom. The number of ether oxygens (including phenoxy) is 1. The Morgan fingerprint density at radius 1 is 1.09 bits per heavy atom. The average molecular weight is 292 g/mol. The molecule has 3 aromatic rings. The molecule has 0 aliphatic heterocycles. The van der Waals surface area contributed by atoms with E-state index in [0.717, 1.165) is 16.3 Å². The Bertz CT molecular complexity index is 815. The molecule has 0 atom stereocenters. The standard InChI is InChI=1S/C18H16N2O2/c1-13-8-9-19-17(10-13)20-18(21)12-22-16-7-6-14-4-2-3-5-15(14)11-16/h2-11H,12H2,1H3,(H,19,20,21). The normalized spacial score (nSPS) is 10.4. The Hall–Kier alpha value is -2.88. The van der Waals surface area contributed by atoms with Crippen LogP contribution in [-0.4, -0.2) is 17.5 Å². The lowest BCUT2D eigenvalue weighted by molar-refractivity contribution is -0.118. The monoisotopic (exact) mass is 292 g/mol. The zero-order valence-electron chi connectivity index (χ0n) is 12.2. The third-order valence-corrected chi connectivity index (χ3v) is 3.27. The average Bonchev–Trinajstić information content (AvgIpc) is 2.53. The fourth-order valence-electron chi connectivity index (χ4n) is 2.19. The first-order valence-corrected chi connectivity index (χ1v) is 7.05. The van der Waals surface area contributed by atoms with Crippen LogP contribution in [0.4, 0.5) is 5.82 Å². The highest BCUT2D eigenvalue weighted by Crippen LogP contribution is 2.20. The van der Waals surface area contributed by atoms with Crippen LogP contribution in [0.5, 0.6) is 5.75 Å². The molecule has 1 aromatic heterocycles. The van der Waals surface area contributed by atoms with Gasteiger partial charge in [-0.3, -0.25) is 4.79 Å². The maximum atomic E-state index is 11.9. The van der Waals surface area contributed by atoms with Crippen LogP contribution in [0, 0.1) is 6.92 Å². The molecular formula is C18H16N2O2. The van der Waals surface area contributed by atoms with E-state index in [1.165, 1.54) is 0 Å². The van der Waals surface area contributed by atoms with Gasteiger partial charge in [-0.1, -0.05) is 30.3 Å². The molecular weight excluding hydrogens is 276 g/mol. The molecule has 0 bridgehead atoms. The molecule has 0 fully saturated rings. The number of benzene rings is 2. The Labute approximate surface area is 128 Å². The number of hydrogen-bond acceptors (Lipinski definition) is 3. The van der Waals surface area contributed by atoms with Crippen LogP contribution < -0.4 is 10.1 Å². The summed E-state index contributed by atoms with van der Waals surface area (Å²) in [4.78, 5) is 16.0. The molecule has 0 aliphatic rings. The van der Waals surface area contributed by atoms with E-state index >= 15 is 0 Å². The number of hydrogen-bond donors (Lipinski definition) is 1. The third kappa shape index (κ3) is 3.41. The fraction of sp³-hybridized carbons (Fsp3) is 0.111. The third-order valence-electron chi connectivity index (χ3n) is 3.27. The first kappa shape index (κ1) is 14.1. The highest BCUT2D eigenvalue weighted by Gasteiger charge is 2.05. The van der Waals surface area contributed by atoms with Crippen molar-refractivity contribution in [3.05, 3.63) is 66.4 Å². The van der Waals surface area contributed by atoms with Gasteiger partial charge in [-0.15, -0.1) is 0 Å². The van der Waals surface area contributed by atoms with Crippen molar-refractivity contribution < 1.29 is 9.53 Å². The number of nitrogens with zero attached hydrogens (tertiary/aromatic N) is 1. The van der Waals surface area contributed by atoms with Crippen LogP contribution in [0.2, 0.25) is 0 Å². The molecule has 1 amide bonds. The minimum Gasteiger partial charge on any atom is -0.484 e. The molecule has 0 saturated carbocycles. The highest BCUT2D eigenvalue weighted by molar-refractivity contribution is 5.91. The van der Waals surface area contributed by atoms with Crippen LogP contribution in [0.15, 0.2) is 60.8 Å². The molecule has 1 N–H and O–H groups in total. The van der Waals surface area contributed by atoms with Gasteiger partial charge in [0.1, 0.15) is 11.6 Å². The molecule has 2 aromatic carbocycles. The smallest absolute Gasteiger partial charge is 0.263 e. The van der Waals surface area contributed by atoms with Gasteiger partial charge in [-0.05, 0) is 47.5 Å². The van der Waals surface area contributed by atoms with Gasteiger partial charge in [0.2, 0.25) is 0 Å². The molecule has 0 saturated heterocycles. The number of fused-ring (bicyclic) bond motifs is 1.